The van der Waals surface area contributed by atoms with E-state index in [1.54, 1.807) is 0 Å². The zero-order chi connectivity index (χ0) is 14.3. The highest BCUT2D eigenvalue weighted by Gasteiger charge is 2.23. The Morgan fingerprint density at radius 1 is 1.25 bits per heavy atom. The van der Waals surface area contributed by atoms with Crippen LogP contribution >= 0.6 is 0 Å². The fraction of sp³-hybridized carbons (Fsp3) is 0.643. The molecule has 0 amide bonds. The molecular formula is C14H21N5O. The van der Waals surface area contributed by atoms with Crippen molar-refractivity contribution in [3.05, 3.63) is 18.0 Å². The van der Waals surface area contributed by atoms with Gasteiger partial charge in [-0.05, 0) is 25.0 Å². The molecule has 0 saturated carbocycles. The smallest absolute Gasteiger partial charge is 0.178 e. The highest BCUT2D eigenvalue weighted by Crippen LogP contribution is 2.22. The van der Waals surface area contributed by atoms with Crippen molar-refractivity contribution in [3.63, 3.8) is 0 Å². The quantitative estimate of drug-likeness (QED) is 0.851. The van der Waals surface area contributed by atoms with Gasteiger partial charge >= 0.3 is 0 Å². The number of aliphatic hydroxyl groups excluding tert-OH is 1. The SMILES string of the molecule is CC(C)(C)c1nnc2ccc(N3CCCC(O)C3)nn12. The molecule has 0 radical (unpaired) electrons. The lowest BCUT2D eigenvalue weighted by atomic mass is 9.96. The van der Waals surface area contributed by atoms with E-state index >= 15 is 0 Å². The molecule has 3 heterocycles. The number of piperidine rings is 1. The fourth-order valence-electron chi connectivity index (χ4n) is 2.58. The molecule has 2 aromatic rings. The van der Waals surface area contributed by atoms with E-state index < -0.39 is 0 Å². The van der Waals surface area contributed by atoms with Crippen LogP contribution in [-0.4, -0.2) is 44.1 Å². The molecule has 108 valence electrons. The van der Waals surface area contributed by atoms with E-state index in [-0.39, 0.29) is 11.5 Å². The topological polar surface area (TPSA) is 66.5 Å². The zero-order valence-corrected chi connectivity index (χ0v) is 12.2. The number of β-amino-alcohol motifs (C(OH)–C–C–N with tert-alkyl or cyclic N) is 1. The van der Waals surface area contributed by atoms with Gasteiger partial charge in [-0.1, -0.05) is 20.8 Å². The van der Waals surface area contributed by atoms with Crippen LogP contribution in [0.25, 0.3) is 5.65 Å². The van der Waals surface area contributed by atoms with E-state index in [0.29, 0.717) is 6.54 Å². The lowest BCUT2D eigenvalue weighted by Crippen LogP contribution is -2.39. The van der Waals surface area contributed by atoms with Crippen LogP contribution in [0.15, 0.2) is 12.1 Å². The van der Waals surface area contributed by atoms with Gasteiger partial charge in [0.15, 0.2) is 11.5 Å². The van der Waals surface area contributed by atoms with Crippen molar-refractivity contribution in [3.8, 4) is 0 Å². The summed E-state index contributed by atoms with van der Waals surface area (Å²) >= 11 is 0. The number of anilines is 1. The van der Waals surface area contributed by atoms with Crippen molar-refractivity contribution < 1.29 is 5.11 Å². The highest BCUT2D eigenvalue weighted by atomic mass is 16.3. The molecule has 6 heteroatoms. The molecule has 2 aromatic heterocycles. The third-order valence-electron chi connectivity index (χ3n) is 3.64. The minimum absolute atomic E-state index is 0.105. The molecule has 1 aliphatic heterocycles. The molecular weight excluding hydrogens is 254 g/mol. The second-order valence-electron chi connectivity index (χ2n) is 6.48. The Bertz CT molecular complexity index is 616. The molecule has 1 atom stereocenters. The Morgan fingerprint density at radius 3 is 2.75 bits per heavy atom. The first-order valence-electron chi connectivity index (χ1n) is 7.11. The van der Waals surface area contributed by atoms with Crippen molar-refractivity contribution in [1.82, 2.24) is 19.8 Å². The summed E-state index contributed by atoms with van der Waals surface area (Å²) < 4.78 is 1.82. The predicted molar refractivity (Wildman–Crippen MR) is 76.9 cm³/mol. The molecule has 1 N–H and O–H groups in total. The van der Waals surface area contributed by atoms with E-state index in [1.165, 1.54) is 0 Å². The highest BCUT2D eigenvalue weighted by molar-refractivity contribution is 5.46. The van der Waals surface area contributed by atoms with Gasteiger partial charge in [0.1, 0.15) is 5.82 Å². The van der Waals surface area contributed by atoms with Crippen LogP contribution in [0.1, 0.15) is 39.4 Å². The summed E-state index contributed by atoms with van der Waals surface area (Å²) in [5.41, 5.74) is 0.656. The summed E-state index contributed by atoms with van der Waals surface area (Å²) in [6.45, 7) is 7.88. The molecule has 1 saturated heterocycles. The third-order valence-corrected chi connectivity index (χ3v) is 3.64. The summed E-state index contributed by atoms with van der Waals surface area (Å²) in [5, 5.41) is 22.9. The molecule has 0 bridgehead atoms. The van der Waals surface area contributed by atoms with E-state index in [1.807, 2.05) is 16.6 Å². The summed E-state index contributed by atoms with van der Waals surface area (Å²) in [5.74, 6) is 1.73. The van der Waals surface area contributed by atoms with Gasteiger partial charge in [0.05, 0.1) is 6.10 Å². The van der Waals surface area contributed by atoms with Gasteiger partial charge in [-0.25, -0.2) is 0 Å². The number of aromatic nitrogens is 4. The van der Waals surface area contributed by atoms with Gasteiger partial charge in [0.25, 0.3) is 0 Å². The maximum Gasteiger partial charge on any atom is 0.178 e. The second-order valence-corrected chi connectivity index (χ2v) is 6.48. The molecule has 1 fully saturated rings. The van der Waals surface area contributed by atoms with Crippen LogP contribution in [0.3, 0.4) is 0 Å². The van der Waals surface area contributed by atoms with Gasteiger partial charge in [-0.2, -0.15) is 4.52 Å². The molecule has 1 aliphatic rings. The Kier molecular flexibility index (Phi) is 3.12. The Labute approximate surface area is 118 Å². The second kappa shape index (κ2) is 4.70. The van der Waals surface area contributed by atoms with Gasteiger partial charge in [-0.3, -0.25) is 0 Å². The Balaban J connectivity index is 2.01. The monoisotopic (exact) mass is 275 g/mol. The molecule has 0 aliphatic carbocycles. The summed E-state index contributed by atoms with van der Waals surface area (Å²) in [6, 6.07) is 3.89. The van der Waals surface area contributed by atoms with E-state index in [2.05, 4.69) is 41.0 Å². The van der Waals surface area contributed by atoms with Crippen molar-refractivity contribution in [2.45, 2.75) is 45.1 Å². The van der Waals surface area contributed by atoms with Gasteiger partial charge < -0.3 is 10.0 Å². The maximum atomic E-state index is 9.80. The Hall–Kier alpha value is -1.69. The molecule has 1 unspecified atom stereocenters. The summed E-state index contributed by atoms with van der Waals surface area (Å²) in [6.07, 6.45) is 1.61. The largest absolute Gasteiger partial charge is 0.391 e. The first-order chi connectivity index (χ1) is 9.45. The van der Waals surface area contributed by atoms with Crippen molar-refractivity contribution in [2.24, 2.45) is 0 Å². The van der Waals surface area contributed by atoms with E-state index in [0.717, 1.165) is 36.7 Å². The number of hydrogen-bond acceptors (Lipinski definition) is 5. The number of nitrogens with zero attached hydrogens (tertiary/aromatic N) is 5. The lowest BCUT2D eigenvalue weighted by molar-refractivity contribution is 0.153. The van der Waals surface area contributed by atoms with Crippen LogP contribution in [0.5, 0.6) is 0 Å². The first-order valence-corrected chi connectivity index (χ1v) is 7.11. The minimum Gasteiger partial charge on any atom is -0.391 e. The minimum atomic E-state index is -0.260. The van der Waals surface area contributed by atoms with Crippen molar-refractivity contribution >= 4 is 11.5 Å². The van der Waals surface area contributed by atoms with Crippen LogP contribution in [0.4, 0.5) is 5.82 Å². The number of hydrogen-bond donors (Lipinski definition) is 1. The van der Waals surface area contributed by atoms with Crippen LogP contribution < -0.4 is 4.90 Å². The zero-order valence-electron chi connectivity index (χ0n) is 12.2. The number of rotatable bonds is 1. The Morgan fingerprint density at radius 2 is 2.05 bits per heavy atom. The summed E-state index contributed by atoms with van der Waals surface area (Å²) in [7, 11) is 0. The fourth-order valence-corrected chi connectivity index (χ4v) is 2.58. The van der Waals surface area contributed by atoms with Crippen LogP contribution in [-0.2, 0) is 5.41 Å². The lowest BCUT2D eigenvalue weighted by Gasteiger charge is -2.30. The van der Waals surface area contributed by atoms with Gasteiger partial charge in [0.2, 0.25) is 0 Å². The van der Waals surface area contributed by atoms with Gasteiger partial charge in [0, 0.05) is 18.5 Å². The molecule has 3 rings (SSSR count). The average molecular weight is 275 g/mol. The molecule has 6 nitrogen and oxygen atoms in total. The van der Waals surface area contributed by atoms with Crippen molar-refractivity contribution in [1.29, 1.82) is 0 Å². The van der Waals surface area contributed by atoms with Gasteiger partial charge in [-0.15, -0.1) is 15.3 Å². The number of fused-ring (bicyclic) bond motifs is 1. The third kappa shape index (κ3) is 2.35. The summed E-state index contributed by atoms with van der Waals surface area (Å²) in [4.78, 5) is 2.13. The molecule has 20 heavy (non-hydrogen) atoms. The van der Waals surface area contributed by atoms with Crippen LogP contribution in [0, 0.1) is 0 Å². The van der Waals surface area contributed by atoms with Crippen LogP contribution in [0.2, 0.25) is 0 Å². The average Bonchev–Trinajstić information content (AvgIpc) is 2.81. The number of aliphatic hydroxyl groups is 1. The van der Waals surface area contributed by atoms with E-state index in [9.17, 15) is 5.11 Å². The van der Waals surface area contributed by atoms with E-state index in [4.69, 9.17) is 0 Å². The molecule has 0 aromatic carbocycles. The normalized spacial score (nSPS) is 20.6. The molecule has 0 spiro atoms. The van der Waals surface area contributed by atoms with Crippen molar-refractivity contribution in [2.75, 3.05) is 18.0 Å². The maximum absolute atomic E-state index is 9.80. The standard InChI is InChI=1S/C14H21N5O/c1-14(2,3)13-16-15-11-6-7-12(17-19(11)13)18-8-4-5-10(20)9-18/h6-7,10,20H,4-5,8-9H2,1-3H3. The first kappa shape index (κ1) is 13.3. The predicted octanol–water partition coefficient (Wildman–Crippen LogP) is 1.38.